The highest BCUT2D eigenvalue weighted by molar-refractivity contribution is 5.54. The smallest absolute Gasteiger partial charge is 0.382 e. The van der Waals surface area contributed by atoms with Gasteiger partial charge in [-0.15, -0.1) is 0 Å². The minimum absolute atomic E-state index is 0.263. The van der Waals surface area contributed by atoms with Crippen molar-refractivity contribution in [3.63, 3.8) is 0 Å². The molecular weight excluding hydrogens is 277 g/mol. The van der Waals surface area contributed by atoms with Crippen LogP contribution in [-0.2, 0) is 6.18 Å². The Labute approximate surface area is 123 Å². The summed E-state index contributed by atoms with van der Waals surface area (Å²) in [4.78, 5) is 0. The molecule has 3 atom stereocenters. The molecule has 0 bridgehead atoms. The van der Waals surface area contributed by atoms with Gasteiger partial charge in [0.05, 0.1) is 17.2 Å². The van der Waals surface area contributed by atoms with Crippen molar-refractivity contribution in [1.82, 2.24) is 0 Å². The summed E-state index contributed by atoms with van der Waals surface area (Å²) in [7, 11) is 0. The maximum Gasteiger partial charge on any atom is 0.417 e. The van der Waals surface area contributed by atoms with Crippen LogP contribution in [0.4, 0.5) is 18.9 Å². The van der Waals surface area contributed by atoms with Crippen molar-refractivity contribution in [1.29, 1.82) is 5.26 Å². The zero-order valence-electron chi connectivity index (χ0n) is 12.2. The van der Waals surface area contributed by atoms with Gasteiger partial charge in [0.15, 0.2) is 0 Å². The predicted octanol–water partition coefficient (Wildman–Crippen LogP) is 4.81. The van der Waals surface area contributed by atoms with Crippen LogP contribution in [0.3, 0.4) is 0 Å². The van der Waals surface area contributed by atoms with E-state index in [-0.39, 0.29) is 11.6 Å². The van der Waals surface area contributed by atoms with Crippen molar-refractivity contribution in [2.45, 2.75) is 45.3 Å². The zero-order valence-corrected chi connectivity index (χ0v) is 12.2. The molecule has 1 N–H and O–H groups in total. The molecule has 5 heteroatoms. The molecule has 0 radical (unpaired) electrons. The fraction of sp³-hybridized carbons (Fsp3) is 0.562. The molecule has 0 aromatic heterocycles. The van der Waals surface area contributed by atoms with Gasteiger partial charge in [0.1, 0.15) is 0 Å². The van der Waals surface area contributed by atoms with E-state index in [1.54, 1.807) is 6.07 Å². The molecule has 1 aliphatic carbocycles. The van der Waals surface area contributed by atoms with Crippen LogP contribution in [0.25, 0.3) is 0 Å². The largest absolute Gasteiger partial charge is 0.417 e. The van der Waals surface area contributed by atoms with E-state index in [1.807, 2.05) is 0 Å². The molecular formula is C16H19F3N2. The van der Waals surface area contributed by atoms with Gasteiger partial charge in [0.25, 0.3) is 0 Å². The monoisotopic (exact) mass is 296 g/mol. The van der Waals surface area contributed by atoms with Crippen molar-refractivity contribution < 1.29 is 13.2 Å². The first-order valence-corrected chi connectivity index (χ1v) is 7.19. The van der Waals surface area contributed by atoms with Gasteiger partial charge in [-0.25, -0.2) is 0 Å². The highest BCUT2D eigenvalue weighted by Gasteiger charge is 2.33. The third-order valence-corrected chi connectivity index (χ3v) is 4.41. The summed E-state index contributed by atoms with van der Waals surface area (Å²) in [6.07, 6.45) is -1.36. The highest BCUT2D eigenvalue weighted by Crippen LogP contribution is 2.34. The molecule has 1 aliphatic rings. The Morgan fingerprint density at radius 2 is 1.90 bits per heavy atom. The van der Waals surface area contributed by atoms with E-state index in [9.17, 15) is 13.2 Å². The average Bonchev–Trinajstić information content (AvgIpc) is 2.41. The lowest BCUT2D eigenvalue weighted by Crippen LogP contribution is -2.30. The zero-order chi connectivity index (χ0) is 15.6. The fourth-order valence-electron chi connectivity index (χ4n) is 2.89. The number of nitriles is 1. The lowest BCUT2D eigenvalue weighted by Gasteiger charge is -2.33. The van der Waals surface area contributed by atoms with Crippen LogP contribution in [0.1, 0.15) is 44.2 Å². The lowest BCUT2D eigenvalue weighted by atomic mass is 9.79. The second kappa shape index (κ2) is 5.97. The maximum absolute atomic E-state index is 12.7. The van der Waals surface area contributed by atoms with E-state index >= 15 is 0 Å². The average molecular weight is 296 g/mol. The van der Waals surface area contributed by atoms with Gasteiger partial charge >= 0.3 is 6.18 Å². The third kappa shape index (κ3) is 3.69. The molecule has 0 amide bonds. The molecule has 0 aliphatic heterocycles. The Morgan fingerprint density at radius 1 is 1.19 bits per heavy atom. The number of benzene rings is 1. The summed E-state index contributed by atoms with van der Waals surface area (Å²) < 4.78 is 38.2. The van der Waals surface area contributed by atoms with Crippen LogP contribution >= 0.6 is 0 Å². The Morgan fingerprint density at radius 3 is 2.48 bits per heavy atom. The van der Waals surface area contributed by atoms with Crippen LogP contribution in [0.2, 0.25) is 0 Å². The van der Waals surface area contributed by atoms with Gasteiger partial charge < -0.3 is 5.32 Å². The van der Waals surface area contributed by atoms with Gasteiger partial charge in [-0.05, 0) is 49.3 Å². The standard InChI is InChI=1S/C16H19F3N2/c1-10-3-4-13(7-11(10)2)21-14-5-6-15(16(17,18)19)12(8-14)9-20/h5-6,8,10-11,13,21H,3-4,7H2,1-2H3. The van der Waals surface area contributed by atoms with Gasteiger partial charge in [-0.2, -0.15) is 18.4 Å². The minimum Gasteiger partial charge on any atom is -0.382 e. The number of hydrogen-bond donors (Lipinski definition) is 1. The topological polar surface area (TPSA) is 35.8 Å². The number of nitrogens with zero attached hydrogens (tertiary/aromatic N) is 1. The highest BCUT2D eigenvalue weighted by atomic mass is 19.4. The summed E-state index contributed by atoms with van der Waals surface area (Å²) in [6.45, 7) is 4.43. The molecule has 1 aromatic carbocycles. The molecule has 1 aromatic rings. The fourth-order valence-corrected chi connectivity index (χ4v) is 2.89. The van der Waals surface area contributed by atoms with Crippen molar-refractivity contribution in [3.05, 3.63) is 29.3 Å². The van der Waals surface area contributed by atoms with E-state index in [1.165, 1.54) is 12.1 Å². The van der Waals surface area contributed by atoms with Gasteiger partial charge in [-0.1, -0.05) is 13.8 Å². The van der Waals surface area contributed by atoms with Gasteiger partial charge in [-0.3, -0.25) is 0 Å². The summed E-state index contributed by atoms with van der Waals surface area (Å²) in [5.74, 6) is 1.28. The number of halogens is 3. The summed E-state index contributed by atoms with van der Waals surface area (Å²) in [5, 5.41) is 12.2. The van der Waals surface area contributed by atoms with Crippen LogP contribution < -0.4 is 5.32 Å². The number of nitrogens with one attached hydrogen (secondary N) is 1. The normalized spacial score (nSPS) is 26.2. The third-order valence-electron chi connectivity index (χ3n) is 4.41. The quantitative estimate of drug-likeness (QED) is 0.849. The van der Waals surface area contributed by atoms with E-state index in [2.05, 4.69) is 19.2 Å². The van der Waals surface area contributed by atoms with E-state index in [0.29, 0.717) is 17.5 Å². The first-order chi connectivity index (χ1) is 9.81. The first-order valence-electron chi connectivity index (χ1n) is 7.19. The second-order valence-corrected chi connectivity index (χ2v) is 5.98. The first kappa shape index (κ1) is 15.7. The Balaban J connectivity index is 2.14. The minimum atomic E-state index is -4.49. The second-order valence-electron chi connectivity index (χ2n) is 5.98. The molecule has 0 spiro atoms. The van der Waals surface area contributed by atoms with Gasteiger partial charge in [0.2, 0.25) is 0 Å². The molecule has 1 fully saturated rings. The van der Waals surface area contributed by atoms with Crippen LogP contribution in [0.5, 0.6) is 0 Å². The van der Waals surface area contributed by atoms with Gasteiger partial charge in [0, 0.05) is 11.7 Å². The molecule has 1 saturated carbocycles. The lowest BCUT2D eigenvalue weighted by molar-refractivity contribution is -0.137. The van der Waals surface area contributed by atoms with Crippen LogP contribution in [0.15, 0.2) is 18.2 Å². The molecule has 2 rings (SSSR count). The number of rotatable bonds is 2. The van der Waals surface area contributed by atoms with Crippen LogP contribution in [-0.4, -0.2) is 6.04 Å². The Kier molecular flexibility index (Phi) is 4.46. The molecule has 3 unspecified atom stereocenters. The molecule has 114 valence electrons. The molecule has 2 nitrogen and oxygen atoms in total. The van der Waals surface area contributed by atoms with Crippen molar-refractivity contribution in [2.24, 2.45) is 11.8 Å². The number of anilines is 1. The summed E-state index contributed by atoms with van der Waals surface area (Å²) in [6, 6.07) is 5.59. The SMILES string of the molecule is CC1CCC(Nc2ccc(C(F)(F)F)c(C#N)c2)CC1C. The van der Waals surface area contributed by atoms with Crippen molar-refractivity contribution >= 4 is 5.69 Å². The molecule has 21 heavy (non-hydrogen) atoms. The number of alkyl halides is 3. The van der Waals surface area contributed by atoms with E-state index < -0.39 is 11.7 Å². The van der Waals surface area contributed by atoms with Crippen LogP contribution in [0, 0.1) is 23.2 Å². The number of hydrogen-bond acceptors (Lipinski definition) is 2. The maximum atomic E-state index is 12.7. The Hall–Kier alpha value is -1.70. The Bertz CT molecular complexity index is 545. The molecule has 0 saturated heterocycles. The van der Waals surface area contributed by atoms with Crippen molar-refractivity contribution in [2.75, 3.05) is 5.32 Å². The summed E-state index contributed by atoms with van der Waals surface area (Å²) in [5.41, 5.74) is -0.614. The van der Waals surface area contributed by atoms with E-state index in [4.69, 9.17) is 5.26 Å². The molecule has 0 heterocycles. The van der Waals surface area contributed by atoms with E-state index in [0.717, 1.165) is 25.3 Å². The summed E-state index contributed by atoms with van der Waals surface area (Å²) >= 11 is 0. The predicted molar refractivity (Wildman–Crippen MR) is 75.7 cm³/mol. The van der Waals surface area contributed by atoms with Crippen molar-refractivity contribution in [3.8, 4) is 6.07 Å².